The maximum Gasteiger partial charge on any atom is 0.254 e. The summed E-state index contributed by atoms with van der Waals surface area (Å²) in [5.41, 5.74) is 4.62. The van der Waals surface area contributed by atoms with Crippen LogP contribution in [0.15, 0.2) is 23.7 Å². The van der Waals surface area contributed by atoms with E-state index in [9.17, 15) is 4.79 Å². The highest BCUT2D eigenvalue weighted by atomic mass is 32.1. The Morgan fingerprint density at radius 2 is 2.15 bits per heavy atom. The quantitative estimate of drug-likeness (QED) is 0.734. The second-order valence-corrected chi connectivity index (χ2v) is 7.87. The van der Waals surface area contributed by atoms with Crippen LogP contribution in [0.5, 0.6) is 0 Å². The minimum absolute atomic E-state index is 0.206. The van der Waals surface area contributed by atoms with Crippen LogP contribution in [0.2, 0.25) is 0 Å². The third-order valence-electron chi connectivity index (χ3n) is 5.10. The molecule has 0 fully saturated rings. The molecule has 4 nitrogen and oxygen atoms in total. The van der Waals surface area contributed by atoms with Gasteiger partial charge in [-0.15, -0.1) is 11.3 Å². The van der Waals surface area contributed by atoms with Crippen molar-refractivity contribution < 1.29 is 4.79 Å². The molecule has 0 saturated carbocycles. The predicted molar refractivity (Wildman–Crippen MR) is 108 cm³/mol. The van der Waals surface area contributed by atoms with Crippen LogP contribution < -0.4 is 0 Å². The van der Waals surface area contributed by atoms with Crippen molar-refractivity contribution in [2.24, 2.45) is 0 Å². The van der Waals surface area contributed by atoms with E-state index in [0.717, 1.165) is 63.2 Å². The Morgan fingerprint density at radius 1 is 1.31 bits per heavy atom. The first-order valence-corrected chi connectivity index (χ1v) is 10.6. The fraction of sp³-hybridized carbons (Fsp3) is 0.524. The summed E-state index contributed by atoms with van der Waals surface area (Å²) in [5, 5.41) is 2.07. The average molecular weight is 372 g/mol. The Kier molecular flexibility index (Phi) is 6.43. The molecule has 140 valence electrons. The molecular weight excluding hydrogens is 342 g/mol. The molecule has 1 amide bonds. The molecule has 2 aromatic rings. The van der Waals surface area contributed by atoms with Gasteiger partial charge in [-0.2, -0.15) is 0 Å². The van der Waals surface area contributed by atoms with Gasteiger partial charge in [-0.25, -0.2) is 0 Å². The number of pyridine rings is 1. The van der Waals surface area contributed by atoms with Gasteiger partial charge in [0.2, 0.25) is 0 Å². The highest BCUT2D eigenvalue weighted by Gasteiger charge is 2.25. The largest absolute Gasteiger partial charge is 0.339 e. The van der Waals surface area contributed by atoms with Crippen molar-refractivity contribution in [2.75, 3.05) is 19.6 Å². The van der Waals surface area contributed by atoms with Crippen molar-refractivity contribution in [3.63, 3.8) is 0 Å². The molecule has 0 bridgehead atoms. The van der Waals surface area contributed by atoms with Gasteiger partial charge in [0.25, 0.3) is 5.91 Å². The van der Waals surface area contributed by atoms with Crippen LogP contribution in [0.3, 0.4) is 0 Å². The molecule has 1 aliphatic rings. The Bertz CT molecular complexity index is 738. The van der Waals surface area contributed by atoms with Crippen molar-refractivity contribution in [2.45, 2.75) is 53.1 Å². The minimum atomic E-state index is 0.206. The zero-order valence-electron chi connectivity index (χ0n) is 16.1. The highest BCUT2D eigenvalue weighted by Crippen LogP contribution is 2.30. The van der Waals surface area contributed by atoms with Gasteiger partial charge in [0.1, 0.15) is 0 Å². The molecule has 0 radical (unpaired) electrons. The number of carbonyl (C=O) groups excluding carboxylic acids is 1. The SMILES string of the molecule is CCCN(CC)C(=O)c1csc2c1CCN(Cc1ccc(CC)cn1)C2. The Morgan fingerprint density at radius 3 is 2.81 bits per heavy atom. The van der Waals surface area contributed by atoms with Crippen LogP contribution in [0.1, 0.15) is 59.2 Å². The summed E-state index contributed by atoms with van der Waals surface area (Å²) in [6.07, 6.45) is 4.97. The van der Waals surface area contributed by atoms with Crippen LogP contribution in [0.25, 0.3) is 0 Å². The first-order valence-electron chi connectivity index (χ1n) is 9.70. The summed E-state index contributed by atoms with van der Waals surface area (Å²) < 4.78 is 0. The lowest BCUT2D eigenvalue weighted by Gasteiger charge is -2.27. The number of hydrogen-bond acceptors (Lipinski definition) is 4. The number of amides is 1. The number of aromatic nitrogens is 1. The lowest BCUT2D eigenvalue weighted by molar-refractivity contribution is 0.0763. The highest BCUT2D eigenvalue weighted by molar-refractivity contribution is 7.10. The van der Waals surface area contributed by atoms with Crippen LogP contribution in [0.4, 0.5) is 0 Å². The maximum atomic E-state index is 12.8. The number of fused-ring (bicyclic) bond motifs is 1. The summed E-state index contributed by atoms with van der Waals surface area (Å²) in [6.45, 7) is 10.7. The summed E-state index contributed by atoms with van der Waals surface area (Å²) in [7, 11) is 0. The monoisotopic (exact) mass is 371 g/mol. The van der Waals surface area contributed by atoms with Crippen molar-refractivity contribution >= 4 is 17.2 Å². The molecule has 1 aliphatic heterocycles. The van der Waals surface area contributed by atoms with E-state index in [1.807, 2.05) is 11.1 Å². The number of thiophene rings is 1. The molecule has 0 spiro atoms. The van der Waals surface area contributed by atoms with Gasteiger partial charge in [-0.1, -0.05) is 19.9 Å². The molecule has 0 N–H and O–H groups in total. The number of rotatable bonds is 7. The standard InChI is InChI=1S/C21H29N3OS/c1-4-10-24(6-3)21(25)19-15-26-20-14-23(11-9-18(19)20)13-17-8-7-16(5-2)12-22-17/h7-8,12,15H,4-6,9-11,13-14H2,1-3H3. The van der Waals surface area contributed by atoms with Gasteiger partial charge < -0.3 is 4.90 Å². The summed E-state index contributed by atoms with van der Waals surface area (Å²) in [5.74, 6) is 0.206. The number of nitrogens with zero attached hydrogens (tertiary/aromatic N) is 3. The fourth-order valence-corrected chi connectivity index (χ4v) is 4.64. The van der Waals surface area contributed by atoms with Gasteiger partial charge in [0.05, 0.1) is 11.3 Å². The number of aryl methyl sites for hydroxylation is 1. The Labute approximate surface area is 160 Å². The van der Waals surface area contributed by atoms with E-state index in [1.54, 1.807) is 11.3 Å². The average Bonchev–Trinajstić information content (AvgIpc) is 3.09. The van der Waals surface area contributed by atoms with Gasteiger partial charge in [0, 0.05) is 49.2 Å². The molecule has 0 atom stereocenters. The molecule has 26 heavy (non-hydrogen) atoms. The summed E-state index contributed by atoms with van der Waals surface area (Å²) in [4.78, 5) is 23.2. The van der Waals surface area contributed by atoms with Crippen LogP contribution in [0, 0.1) is 0 Å². The Hall–Kier alpha value is -1.72. The van der Waals surface area contributed by atoms with Crippen molar-refractivity contribution in [3.05, 3.63) is 51.0 Å². The van der Waals surface area contributed by atoms with Gasteiger partial charge in [-0.3, -0.25) is 14.7 Å². The minimum Gasteiger partial charge on any atom is -0.339 e. The van der Waals surface area contributed by atoms with Gasteiger partial charge in [0.15, 0.2) is 0 Å². The lowest BCUT2D eigenvalue weighted by atomic mass is 10.0. The molecule has 3 rings (SSSR count). The predicted octanol–water partition coefficient (Wildman–Crippen LogP) is 4.14. The number of carbonyl (C=O) groups is 1. The zero-order chi connectivity index (χ0) is 18.5. The second-order valence-electron chi connectivity index (χ2n) is 6.91. The molecular formula is C21H29N3OS. The van der Waals surface area contributed by atoms with Gasteiger partial charge >= 0.3 is 0 Å². The first kappa shape index (κ1) is 19.1. The normalized spacial score (nSPS) is 14.3. The molecule has 5 heteroatoms. The Balaban J connectivity index is 1.68. The van der Waals surface area contributed by atoms with Crippen molar-refractivity contribution in [3.8, 4) is 0 Å². The zero-order valence-corrected chi connectivity index (χ0v) is 16.9. The smallest absolute Gasteiger partial charge is 0.254 e. The molecule has 3 heterocycles. The molecule has 2 aromatic heterocycles. The topological polar surface area (TPSA) is 36.4 Å². The van der Waals surface area contributed by atoms with E-state index in [0.29, 0.717) is 0 Å². The third-order valence-corrected chi connectivity index (χ3v) is 6.11. The molecule has 0 unspecified atom stereocenters. The van der Waals surface area contributed by atoms with E-state index in [2.05, 4.69) is 48.2 Å². The van der Waals surface area contributed by atoms with E-state index in [1.165, 1.54) is 16.0 Å². The fourth-order valence-electron chi connectivity index (χ4n) is 3.53. The molecule has 0 saturated heterocycles. The van der Waals surface area contributed by atoms with E-state index in [4.69, 9.17) is 0 Å². The van der Waals surface area contributed by atoms with Crippen LogP contribution in [-0.2, 0) is 25.9 Å². The first-order chi connectivity index (χ1) is 12.7. The van der Waals surface area contributed by atoms with Gasteiger partial charge in [-0.05, 0) is 43.4 Å². The van der Waals surface area contributed by atoms with Crippen LogP contribution in [-0.4, -0.2) is 40.3 Å². The van der Waals surface area contributed by atoms with E-state index >= 15 is 0 Å². The summed E-state index contributed by atoms with van der Waals surface area (Å²) in [6, 6.07) is 4.31. The van der Waals surface area contributed by atoms with E-state index < -0.39 is 0 Å². The molecule has 0 aliphatic carbocycles. The van der Waals surface area contributed by atoms with Crippen molar-refractivity contribution in [1.82, 2.24) is 14.8 Å². The van der Waals surface area contributed by atoms with Crippen LogP contribution >= 0.6 is 11.3 Å². The maximum absolute atomic E-state index is 12.8. The third kappa shape index (κ3) is 4.15. The molecule has 0 aromatic carbocycles. The number of hydrogen-bond donors (Lipinski definition) is 0. The summed E-state index contributed by atoms with van der Waals surface area (Å²) >= 11 is 1.74. The van der Waals surface area contributed by atoms with E-state index in [-0.39, 0.29) is 5.91 Å². The van der Waals surface area contributed by atoms with Crippen molar-refractivity contribution in [1.29, 1.82) is 0 Å². The lowest BCUT2D eigenvalue weighted by Crippen LogP contribution is -2.34. The second kappa shape index (κ2) is 8.78.